The Kier molecular flexibility index (Phi) is 3.24. The number of aliphatic carboxylic acids is 1. The van der Waals surface area contributed by atoms with E-state index >= 15 is 0 Å². The van der Waals surface area contributed by atoms with Crippen molar-refractivity contribution < 1.29 is 9.90 Å². The quantitative estimate of drug-likeness (QED) is 0.842. The van der Waals surface area contributed by atoms with Crippen LogP contribution in [0.4, 0.5) is 5.13 Å². The topological polar surface area (TPSA) is 76.2 Å². The van der Waals surface area contributed by atoms with E-state index in [9.17, 15) is 4.79 Å². The maximum absolute atomic E-state index is 10.4. The molecule has 4 nitrogen and oxygen atoms in total. The maximum atomic E-state index is 10.4. The lowest BCUT2D eigenvalue weighted by atomic mass is 9.93. The van der Waals surface area contributed by atoms with Gasteiger partial charge in [-0.1, -0.05) is 6.08 Å². The van der Waals surface area contributed by atoms with Crippen molar-refractivity contribution in [3.63, 3.8) is 0 Å². The number of nitrogens with two attached hydrogens (primary N) is 1. The molecule has 0 fully saturated rings. The molecule has 0 amide bonds. The fourth-order valence-electron chi connectivity index (χ4n) is 1.91. The van der Waals surface area contributed by atoms with Crippen LogP contribution in [0.3, 0.4) is 0 Å². The summed E-state index contributed by atoms with van der Waals surface area (Å²) in [5.74, 6) is -0.283. The molecule has 86 valence electrons. The van der Waals surface area contributed by atoms with Crippen LogP contribution in [0, 0.1) is 5.92 Å². The molecule has 1 aromatic heterocycles. The summed E-state index contributed by atoms with van der Waals surface area (Å²) in [5.41, 5.74) is 6.62. The highest BCUT2D eigenvalue weighted by Crippen LogP contribution is 2.31. The number of fused-ring (bicyclic) bond motifs is 1. The second-order valence-electron chi connectivity index (χ2n) is 3.97. The Hall–Kier alpha value is -1.36. The van der Waals surface area contributed by atoms with Crippen LogP contribution in [0.2, 0.25) is 0 Å². The molecule has 1 aromatic rings. The lowest BCUT2D eigenvalue weighted by Crippen LogP contribution is -2.06. The van der Waals surface area contributed by atoms with Crippen molar-refractivity contribution in [3.8, 4) is 0 Å². The first-order valence-electron chi connectivity index (χ1n) is 5.30. The average Bonchev–Trinajstić information content (AvgIpc) is 2.56. The van der Waals surface area contributed by atoms with Gasteiger partial charge in [-0.15, -0.1) is 11.3 Å². The number of carboxylic acid groups (broad SMARTS) is 1. The van der Waals surface area contributed by atoms with E-state index in [-0.39, 0.29) is 6.42 Å². The number of carboxylic acids is 1. The molecule has 0 saturated heterocycles. The Morgan fingerprint density at radius 3 is 3.25 bits per heavy atom. The Bertz CT molecular complexity index is 426. The van der Waals surface area contributed by atoms with Gasteiger partial charge in [-0.3, -0.25) is 4.79 Å². The number of carbonyl (C=O) groups is 1. The predicted octanol–water partition coefficient (Wildman–Crippen LogP) is 2.17. The second kappa shape index (κ2) is 4.65. The molecule has 1 atom stereocenters. The number of allylic oxidation sites excluding steroid dienone is 1. The van der Waals surface area contributed by atoms with Crippen LogP contribution in [0.15, 0.2) is 6.08 Å². The van der Waals surface area contributed by atoms with Crippen molar-refractivity contribution in [3.05, 3.63) is 16.6 Å². The molecule has 0 aromatic carbocycles. The number of rotatable bonds is 4. The van der Waals surface area contributed by atoms with Crippen LogP contribution >= 0.6 is 11.3 Å². The minimum absolute atomic E-state index is 0.252. The van der Waals surface area contributed by atoms with Gasteiger partial charge in [0.25, 0.3) is 0 Å². The summed E-state index contributed by atoms with van der Waals surface area (Å²) in [7, 11) is 0. The van der Waals surface area contributed by atoms with E-state index in [0.29, 0.717) is 11.0 Å². The van der Waals surface area contributed by atoms with Crippen molar-refractivity contribution in [2.75, 3.05) is 5.73 Å². The number of nitrogens with zero attached hydrogens (tertiary/aromatic N) is 1. The Balaban J connectivity index is 1.90. The number of aromatic nitrogens is 1. The zero-order chi connectivity index (χ0) is 11.5. The second-order valence-corrected chi connectivity index (χ2v) is 5.09. The van der Waals surface area contributed by atoms with E-state index in [1.165, 1.54) is 16.2 Å². The van der Waals surface area contributed by atoms with E-state index in [2.05, 4.69) is 11.1 Å². The predicted molar refractivity (Wildman–Crippen MR) is 64.2 cm³/mol. The van der Waals surface area contributed by atoms with E-state index in [1.54, 1.807) is 0 Å². The largest absolute Gasteiger partial charge is 0.481 e. The van der Waals surface area contributed by atoms with Gasteiger partial charge >= 0.3 is 5.97 Å². The Morgan fingerprint density at radius 2 is 2.50 bits per heavy atom. The third-order valence-electron chi connectivity index (χ3n) is 2.68. The van der Waals surface area contributed by atoms with E-state index in [0.717, 1.165) is 25.0 Å². The lowest BCUT2D eigenvalue weighted by Gasteiger charge is -2.14. The Morgan fingerprint density at radius 1 is 1.69 bits per heavy atom. The van der Waals surface area contributed by atoms with Crippen molar-refractivity contribution in [2.24, 2.45) is 5.92 Å². The zero-order valence-electron chi connectivity index (χ0n) is 8.85. The summed E-state index contributed by atoms with van der Waals surface area (Å²) >= 11 is 1.53. The van der Waals surface area contributed by atoms with Gasteiger partial charge in [0.1, 0.15) is 0 Å². The average molecular weight is 238 g/mol. The summed E-state index contributed by atoms with van der Waals surface area (Å²) in [6, 6.07) is 0. The maximum Gasteiger partial charge on any atom is 0.303 e. The summed E-state index contributed by atoms with van der Waals surface area (Å²) in [5, 5.41) is 9.17. The fraction of sp³-hybridized carbons (Fsp3) is 0.455. The van der Waals surface area contributed by atoms with Crippen LogP contribution in [-0.2, 0) is 11.2 Å². The summed E-state index contributed by atoms with van der Waals surface area (Å²) in [6.07, 6.45) is 6.96. The normalized spacial score (nSPS) is 18.4. The highest BCUT2D eigenvalue weighted by atomic mass is 32.1. The molecule has 5 heteroatoms. The van der Waals surface area contributed by atoms with Crippen LogP contribution in [-0.4, -0.2) is 16.1 Å². The molecular formula is C11H14N2O2S. The van der Waals surface area contributed by atoms with Crippen molar-refractivity contribution in [1.29, 1.82) is 0 Å². The molecule has 0 radical (unpaired) electrons. The van der Waals surface area contributed by atoms with Crippen LogP contribution < -0.4 is 5.73 Å². The van der Waals surface area contributed by atoms with Gasteiger partial charge < -0.3 is 10.8 Å². The first kappa shape index (κ1) is 11.1. The number of hydrogen-bond acceptors (Lipinski definition) is 4. The molecule has 1 aliphatic rings. The minimum Gasteiger partial charge on any atom is -0.481 e. The molecule has 0 bridgehead atoms. The fourth-order valence-corrected chi connectivity index (χ4v) is 2.82. The third-order valence-corrected chi connectivity index (χ3v) is 3.61. The molecular weight excluding hydrogens is 224 g/mol. The van der Waals surface area contributed by atoms with Gasteiger partial charge in [-0.2, -0.15) is 0 Å². The summed E-state index contributed by atoms with van der Waals surface area (Å²) in [4.78, 5) is 15.8. The molecule has 16 heavy (non-hydrogen) atoms. The third kappa shape index (κ3) is 2.61. The molecule has 3 N–H and O–H groups in total. The standard InChI is InChI=1S/C11H14N2O2S/c12-11-13-8-5-4-7(6-9(8)16-11)2-1-3-10(14)15/h4-5,7H,1-3,6H2,(H2,12,13)(H,14,15). The van der Waals surface area contributed by atoms with Gasteiger partial charge in [0.2, 0.25) is 0 Å². The van der Waals surface area contributed by atoms with Gasteiger partial charge in [0, 0.05) is 11.3 Å². The van der Waals surface area contributed by atoms with Gasteiger partial charge in [-0.25, -0.2) is 4.98 Å². The van der Waals surface area contributed by atoms with E-state index < -0.39 is 5.97 Å². The van der Waals surface area contributed by atoms with Crippen LogP contribution in [0.5, 0.6) is 0 Å². The van der Waals surface area contributed by atoms with Crippen molar-refractivity contribution in [1.82, 2.24) is 4.98 Å². The smallest absolute Gasteiger partial charge is 0.303 e. The number of thiazole rings is 1. The molecule has 0 aliphatic heterocycles. The van der Waals surface area contributed by atoms with Gasteiger partial charge in [0.05, 0.1) is 5.69 Å². The molecule has 1 heterocycles. The van der Waals surface area contributed by atoms with Crippen LogP contribution in [0.1, 0.15) is 29.8 Å². The highest BCUT2D eigenvalue weighted by molar-refractivity contribution is 7.15. The first-order chi connectivity index (χ1) is 7.65. The van der Waals surface area contributed by atoms with Crippen molar-refractivity contribution >= 4 is 28.5 Å². The summed E-state index contributed by atoms with van der Waals surface area (Å²) < 4.78 is 0. The molecule has 0 saturated carbocycles. The number of hydrogen-bond donors (Lipinski definition) is 2. The minimum atomic E-state index is -0.720. The van der Waals surface area contributed by atoms with Crippen molar-refractivity contribution in [2.45, 2.75) is 25.7 Å². The van der Waals surface area contributed by atoms with Gasteiger partial charge in [0.15, 0.2) is 5.13 Å². The van der Waals surface area contributed by atoms with Crippen LogP contribution in [0.25, 0.3) is 6.08 Å². The Labute approximate surface area is 97.8 Å². The number of nitrogen functional groups attached to an aromatic ring is 1. The SMILES string of the molecule is Nc1nc2c(s1)CC(CCCC(=O)O)C=C2. The summed E-state index contributed by atoms with van der Waals surface area (Å²) in [6.45, 7) is 0. The zero-order valence-corrected chi connectivity index (χ0v) is 9.67. The highest BCUT2D eigenvalue weighted by Gasteiger charge is 2.17. The molecule has 1 unspecified atom stereocenters. The number of anilines is 1. The van der Waals surface area contributed by atoms with E-state index in [1.807, 2.05) is 6.08 Å². The van der Waals surface area contributed by atoms with Gasteiger partial charge in [-0.05, 0) is 31.3 Å². The van der Waals surface area contributed by atoms with E-state index in [4.69, 9.17) is 10.8 Å². The molecule has 1 aliphatic carbocycles. The lowest BCUT2D eigenvalue weighted by molar-refractivity contribution is -0.137. The monoisotopic (exact) mass is 238 g/mol. The molecule has 2 rings (SSSR count). The first-order valence-corrected chi connectivity index (χ1v) is 6.12. The molecule has 0 spiro atoms.